The minimum absolute atomic E-state index is 0.111. The number of ether oxygens (including phenoxy) is 1. The van der Waals surface area contributed by atoms with Crippen molar-refractivity contribution in [3.05, 3.63) is 23.8 Å². The Morgan fingerprint density at radius 3 is 2.56 bits per heavy atom. The number of rotatable bonds is 6. The number of methoxy groups -OCH3 is 1. The SMILES string of the molecule is CCCC(=O)N1CCCN(S(=O)(=O)c2ccc(OC)c(CC)c2)CC1. The predicted octanol–water partition coefficient (Wildman–Crippen LogP) is 2.28. The molecule has 0 radical (unpaired) electrons. The molecule has 1 aromatic rings. The van der Waals surface area contributed by atoms with E-state index in [1.54, 1.807) is 30.2 Å². The molecule has 6 nitrogen and oxygen atoms in total. The molecule has 0 saturated carbocycles. The average Bonchev–Trinajstić information content (AvgIpc) is 2.88. The van der Waals surface area contributed by atoms with Gasteiger partial charge in [0.2, 0.25) is 15.9 Å². The summed E-state index contributed by atoms with van der Waals surface area (Å²) in [6.07, 6.45) is 2.69. The molecule has 140 valence electrons. The number of hydrogen-bond donors (Lipinski definition) is 0. The molecule has 1 fully saturated rings. The molecule has 1 aromatic carbocycles. The van der Waals surface area contributed by atoms with Crippen molar-refractivity contribution in [2.75, 3.05) is 33.3 Å². The van der Waals surface area contributed by atoms with Crippen molar-refractivity contribution in [1.82, 2.24) is 9.21 Å². The highest BCUT2D eigenvalue weighted by Gasteiger charge is 2.28. The van der Waals surface area contributed by atoms with Crippen molar-refractivity contribution in [3.8, 4) is 5.75 Å². The number of carbonyl (C=O) groups excluding carboxylic acids is 1. The maximum atomic E-state index is 13.0. The van der Waals surface area contributed by atoms with Crippen LogP contribution in [0.5, 0.6) is 5.75 Å². The number of aryl methyl sites for hydroxylation is 1. The highest BCUT2D eigenvalue weighted by molar-refractivity contribution is 7.89. The van der Waals surface area contributed by atoms with Gasteiger partial charge < -0.3 is 9.64 Å². The van der Waals surface area contributed by atoms with Crippen LogP contribution in [0, 0.1) is 0 Å². The monoisotopic (exact) mass is 368 g/mol. The normalized spacial score (nSPS) is 16.5. The van der Waals surface area contributed by atoms with Gasteiger partial charge >= 0.3 is 0 Å². The predicted molar refractivity (Wildman–Crippen MR) is 97.2 cm³/mol. The zero-order chi connectivity index (χ0) is 18.4. The molecule has 7 heteroatoms. The maximum Gasteiger partial charge on any atom is 0.243 e. The number of benzene rings is 1. The summed E-state index contributed by atoms with van der Waals surface area (Å²) < 4.78 is 32.8. The van der Waals surface area contributed by atoms with Gasteiger partial charge in [0.1, 0.15) is 5.75 Å². The number of sulfonamides is 1. The van der Waals surface area contributed by atoms with Gasteiger partial charge in [-0.3, -0.25) is 4.79 Å². The van der Waals surface area contributed by atoms with Crippen LogP contribution in [-0.4, -0.2) is 56.8 Å². The van der Waals surface area contributed by atoms with Crippen LogP contribution >= 0.6 is 0 Å². The lowest BCUT2D eigenvalue weighted by Crippen LogP contribution is -2.37. The first-order valence-electron chi connectivity index (χ1n) is 8.88. The molecule has 0 aromatic heterocycles. The lowest BCUT2D eigenvalue weighted by atomic mass is 10.1. The van der Waals surface area contributed by atoms with Crippen molar-refractivity contribution in [2.45, 2.75) is 44.4 Å². The van der Waals surface area contributed by atoms with Crippen LogP contribution in [0.1, 0.15) is 38.7 Å². The van der Waals surface area contributed by atoms with E-state index in [2.05, 4.69) is 0 Å². The number of amides is 1. The van der Waals surface area contributed by atoms with Crippen LogP contribution in [0.2, 0.25) is 0 Å². The Morgan fingerprint density at radius 1 is 1.16 bits per heavy atom. The minimum atomic E-state index is -3.56. The van der Waals surface area contributed by atoms with E-state index < -0.39 is 10.0 Å². The molecule has 0 bridgehead atoms. The van der Waals surface area contributed by atoms with Gasteiger partial charge in [0.05, 0.1) is 12.0 Å². The lowest BCUT2D eigenvalue weighted by Gasteiger charge is -2.22. The van der Waals surface area contributed by atoms with Crippen molar-refractivity contribution in [3.63, 3.8) is 0 Å². The van der Waals surface area contributed by atoms with E-state index in [0.717, 1.165) is 12.0 Å². The van der Waals surface area contributed by atoms with E-state index >= 15 is 0 Å². The Labute approximate surface area is 150 Å². The van der Waals surface area contributed by atoms with Crippen molar-refractivity contribution in [2.24, 2.45) is 0 Å². The highest BCUT2D eigenvalue weighted by atomic mass is 32.2. The molecule has 1 amide bonds. The second-order valence-electron chi connectivity index (χ2n) is 6.22. The molecule has 25 heavy (non-hydrogen) atoms. The van der Waals surface area contributed by atoms with Gasteiger partial charge in [0.15, 0.2) is 0 Å². The smallest absolute Gasteiger partial charge is 0.243 e. The molecule has 0 unspecified atom stereocenters. The van der Waals surface area contributed by atoms with Gasteiger partial charge in [-0.25, -0.2) is 8.42 Å². The lowest BCUT2D eigenvalue weighted by molar-refractivity contribution is -0.131. The largest absolute Gasteiger partial charge is 0.496 e. The van der Waals surface area contributed by atoms with E-state index in [9.17, 15) is 13.2 Å². The summed E-state index contributed by atoms with van der Waals surface area (Å²) >= 11 is 0. The topological polar surface area (TPSA) is 66.9 Å². The summed E-state index contributed by atoms with van der Waals surface area (Å²) in [6.45, 7) is 5.79. The second-order valence-corrected chi connectivity index (χ2v) is 8.15. The first-order valence-corrected chi connectivity index (χ1v) is 10.3. The highest BCUT2D eigenvalue weighted by Crippen LogP contribution is 2.25. The van der Waals surface area contributed by atoms with E-state index in [4.69, 9.17) is 4.74 Å². The fourth-order valence-electron chi connectivity index (χ4n) is 3.10. The van der Waals surface area contributed by atoms with Gasteiger partial charge in [-0.1, -0.05) is 13.8 Å². The van der Waals surface area contributed by atoms with Gasteiger partial charge in [-0.15, -0.1) is 0 Å². The molecule has 0 aliphatic carbocycles. The maximum absolute atomic E-state index is 13.0. The Kier molecular flexibility index (Phi) is 6.84. The summed E-state index contributed by atoms with van der Waals surface area (Å²) in [5, 5.41) is 0. The number of carbonyl (C=O) groups is 1. The van der Waals surface area contributed by atoms with Gasteiger partial charge in [-0.05, 0) is 43.0 Å². The van der Waals surface area contributed by atoms with Crippen LogP contribution in [0.15, 0.2) is 23.1 Å². The van der Waals surface area contributed by atoms with Crippen LogP contribution in [0.25, 0.3) is 0 Å². The first-order chi connectivity index (χ1) is 11.9. The fourth-order valence-corrected chi connectivity index (χ4v) is 4.62. The Balaban J connectivity index is 2.18. The van der Waals surface area contributed by atoms with Crippen LogP contribution < -0.4 is 4.74 Å². The molecule has 2 rings (SSSR count). The molecule has 0 spiro atoms. The molecular weight excluding hydrogens is 340 g/mol. The van der Waals surface area contributed by atoms with Crippen molar-refractivity contribution < 1.29 is 17.9 Å². The third-order valence-corrected chi connectivity index (χ3v) is 6.44. The summed E-state index contributed by atoms with van der Waals surface area (Å²) in [6, 6.07) is 5.00. The first kappa shape index (κ1) is 19.7. The summed E-state index contributed by atoms with van der Waals surface area (Å²) in [5.41, 5.74) is 0.873. The van der Waals surface area contributed by atoms with Crippen molar-refractivity contribution >= 4 is 15.9 Å². The van der Waals surface area contributed by atoms with Crippen LogP contribution in [-0.2, 0) is 21.2 Å². The van der Waals surface area contributed by atoms with E-state index in [-0.39, 0.29) is 5.91 Å². The molecule has 1 aliphatic rings. The summed E-state index contributed by atoms with van der Waals surface area (Å²) in [5.74, 6) is 0.813. The van der Waals surface area contributed by atoms with Gasteiger partial charge in [0.25, 0.3) is 0 Å². The third-order valence-electron chi connectivity index (χ3n) is 4.54. The summed E-state index contributed by atoms with van der Waals surface area (Å²) in [7, 11) is -1.98. The Hall–Kier alpha value is -1.60. The molecule has 0 N–H and O–H groups in total. The molecule has 1 aliphatic heterocycles. The Bertz CT molecular complexity index is 703. The molecule has 1 saturated heterocycles. The van der Waals surface area contributed by atoms with E-state index in [0.29, 0.717) is 56.1 Å². The number of nitrogens with zero attached hydrogens (tertiary/aromatic N) is 2. The average molecular weight is 368 g/mol. The molecule has 0 atom stereocenters. The van der Waals surface area contributed by atoms with Crippen LogP contribution in [0.3, 0.4) is 0 Å². The zero-order valence-corrected chi connectivity index (χ0v) is 16.1. The summed E-state index contributed by atoms with van der Waals surface area (Å²) in [4.78, 5) is 14.1. The molecular formula is C18H28N2O4S. The fraction of sp³-hybridized carbons (Fsp3) is 0.611. The minimum Gasteiger partial charge on any atom is -0.496 e. The van der Waals surface area contributed by atoms with Gasteiger partial charge in [-0.2, -0.15) is 4.31 Å². The zero-order valence-electron chi connectivity index (χ0n) is 15.3. The Morgan fingerprint density at radius 2 is 1.92 bits per heavy atom. The standard InChI is InChI=1S/C18H28N2O4S/c1-4-7-18(21)19-10-6-11-20(13-12-19)25(22,23)16-8-9-17(24-3)15(5-2)14-16/h8-9,14H,4-7,10-13H2,1-3H3. The van der Waals surface area contributed by atoms with E-state index in [1.807, 2.05) is 13.8 Å². The quantitative estimate of drug-likeness (QED) is 0.773. The third kappa shape index (κ3) is 4.52. The van der Waals surface area contributed by atoms with Crippen LogP contribution in [0.4, 0.5) is 0 Å². The van der Waals surface area contributed by atoms with E-state index in [1.165, 1.54) is 4.31 Å². The molecule has 1 heterocycles. The van der Waals surface area contributed by atoms with Gasteiger partial charge in [0, 0.05) is 32.6 Å². The van der Waals surface area contributed by atoms with Crippen molar-refractivity contribution in [1.29, 1.82) is 0 Å². The second kappa shape index (κ2) is 8.67. The number of hydrogen-bond acceptors (Lipinski definition) is 4.